The minimum atomic E-state index is 0.0402. The van der Waals surface area contributed by atoms with Crippen molar-refractivity contribution in [2.24, 2.45) is 5.92 Å². The number of hydrogen-bond acceptors (Lipinski definition) is 2. The van der Waals surface area contributed by atoms with Gasteiger partial charge in [-0.1, -0.05) is 20.8 Å². The van der Waals surface area contributed by atoms with Crippen LogP contribution in [0.25, 0.3) is 0 Å². The summed E-state index contributed by atoms with van der Waals surface area (Å²) in [6, 6.07) is 0. The van der Waals surface area contributed by atoms with E-state index < -0.39 is 0 Å². The van der Waals surface area contributed by atoms with Gasteiger partial charge in [-0.3, -0.25) is 10.2 Å². The molecule has 17 heavy (non-hydrogen) atoms. The fourth-order valence-corrected chi connectivity index (χ4v) is 3.05. The van der Waals surface area contributed by atoms with Crippen LogP contribution in [0.3, 0.4) is 0 Å². The number of carbonyl (C=O) groups is 1. The summed E-state index contributed by atoms with van der Waals surface area (Å²) in [5.74, 6) is 0.650. The van der Waals surface area contributed by atoms with Gasteiger partial charge in [-0.05, 0) is 45.4 Å². The molecule has 100 valence electrons. The Kier molecular flexibility index (Phi) is 4.23. The van der Waals surface area contributed by atoms with E-state index in [1.807, 2.05) is 0 Å². The van der Waals surface area contributed by atoms with E-state index >= 15 is 0 Å². The van der Waals surface area contributed by atoms with Crippen LogP contribution in [0.4, 0.5) is 0 Å². The van der Waals surface area contributed by atoms with Crippen LogP contribution >= 0.6 is 0 Å². The highest BCUT2D eigenvalue weighted by atomic mass is 16.2. The molecule has 1 aliphatic rings. The lowest BCUT2D eigenvalue weighted by Gasteiger charge is -2.57. The van der Waals surface area contributed by atoms with Crippen LogP contribution in [0.2, 0.25) is 0 Å². The average molecular weight is 240 g/mol. The molecule has 0 aliphatic carbocycles. The van der Waals surface area contributed by atoms with Gasteiger partial charge in [0.05, 0.1) is 0 Å². The molecule has 3 nitrogen and oxygen atoms in total. The van der Waals surface area contributed by atoms with Crippen molar-refractivity contribution in [1.29, 1.82) is 0 Å². The molecule has 1 saturated heterocycles. The Hall–Kier alpha value is -0.570. The number of hydrazine groups is 1. The summed E-state index contributed by atoms with van der Waals surface area (Å²) in [5, 5.41) is 2.25. The number of amides is 1. The lowest BCUT2D eigenvalue weighted by Crippen LogP contribution is -2.69. The number of nitrogens with one attached hydrogen (secondary N) is 1. The topological polar surface area (TPSA) is 32.3 Å². The van der Waals surface area contributed by atoms with E-state index in [4.69, 9.17) is 0 Å². The van der Waals surface area contributed by atoms with Crippen LogP contribution < -0.4 is 5.43 Å². The zero-order valence-corrected chi connectivity index (χ0v) is 12.3. The first-order valence-electron chi connectivity index (χ1n) is 6.87. The molecule has 1 N–H and O–H groups in total. The second-order valence-corrected chi connectivity index (χ2v) is 6.00. The first-order chi connectivity index (χ1) is 7.80. The van der Waals surface area contributed by atoms with Gasteiger partial charge in [0.15, 0.2) is 0 Å². The Balaban J connectivity index is 3.09. The first kappa shape index (κ1) is 14.5. The lowest BCUT2D eigenvalue weighted by molar-refractivity contribution is -0.149. The van der Waals surface area contributed by atoms with Crippen molar-refractivity contribution in [3.63, 3.8) is 0 Å². The number of hydrogen-bond donors (Lipinski definition) is 1. The van der Waals surface area contributed by atoms with Gasteiger partial charge >= 0.3 is 0 Å². The standard InChI is InChI=1S/C14H28N2O/c1-7-13(5)10-9-11(3)14(6,8-2)16(13)15-12(4)17/h11H,7-10H2,1-6H3,(H,15,17). The van der Waals surface area contributed by atoms with Gasteiger partial charge < -0.3 is 0 Å². The van der Waals surface area contributed by atoms with Crippen LogP contribution in [0.5, 0.6) is 0 Å². The van der Waals surface area contributed by atoms with Crippen molar-refractivity contribution in [3.05, 3.63) is 0 Å². The zero-order valence-electron chi connectivity index (χ0n) is 12.3. The largest absolute Gasteiger partial charge is 0.288 e. The summed E-state index contributed by atoms with van der Waals surface area (Å²) < 4.78 is 0. The van der Waals surface area contributed by atoms with E-state index in [-0.39, 0.29) is 17.0 Å². The number of nitrogens with zero attached hydrogens (tertiary/aromatic N) is 1. The van der Waals surface area contributed by atoms with Crippen molar-refractivity contribution < 1.29 is 4.79 Å². The summed E-state index contributed by atoms with van der Waals surface area (Å²) >= 11 is 0. The second kappa shape index (κ2) is 4.97. The Morgan fingerprint density at radius 1 is 1.35 bits per heavy atom. The summed E-state index contributed by atoms with van der Waals surface area (Å²) in [4.78, 5) is 11.5. The quantitative estimate of drug-likeness (QED) is 0.822. The zero-order chi connectivity index (χ0) is 13.3. The van der Waals surface area contributed by atoms with Gasteiger partial charge in [0.2, 0.25) is 5.91 Å². The molecule has 3 heteroatoms. The number of rotatable bonds is 3. The molecule has 1 amide bonds. The summed E-state index contributed by atoms with van der Waals surface area (Å²) in [7, 11) is 0. The fourth-order valence-electron chi connectivity index (χ4n) is 3.05. The molecule has 1 fully saturated rings. The molecule has 0 spiro atoms. The highest BCUT2D eigenvalue weighted by Crippen LogP contribution is 2.43. The third-order valence-corrected chi connectivity index (χ3v) is 4.97. The fraction of sp³-hybridized carbons (Fsp3) is 0.929. The van der Waals surface area contributed by atoms with Crippen LogP contribution in [0.15, 0.2) is 0 Å². The van der Waals surface area contributed by atoms with E-state index in [9.17, 15) is 4.79 Å². The molecule has 0 aromatic rings. The van der Waals surface area contributed by atoms with E-state index in [0.29, 0.717) is 5.92 Å². The van der Waals surface area contributed by atoms with Gasteiger partial charge in [0.1, 0.15) is 0 Å². The molecular formula is C14H28N2O. The van der Waals surface area contributed by atoms with E-state index in [1.54, 1.807) is 6.92 Å². The monoisotopic (exact) mass is 240 g/mol. The molecule has 0 saturated carbocycles. The van der Waals surface area contributed by atoms with Gasteiger partial charge in [-0.2, -0.15) is 0 Å². The molecule has 1 aliphatic heterocycles. The molecule has 3 unspecified atom stereocenters. The average Bonchev–Trinajstić information content (AvgIpc) is 2.30. The maximum Gasteiger partial charge on any atom is 0.231 e. The number of carbonyl (C=O) groups excluding carboxylic acids is 1. The third-order valence-electron chi connectivity index (χ3n) is 4.97. The van der Waals surface area contributed by atoms with Gasteiger partial charge in [0, 0.05) is 18.0 Å². The summed E-state index contributed by atoms with van der Waals surface area (Å²) in [6.07, 6.45) is 4.52. The van der Waals surface area contributed by atoms with Crippen molar-refractivity contribution >= 4 is 5.91 Å². The van der Waals surface area contributed by atoms with Crippen molar-refractivity contribution in [1.82, 2.24) is 10.4 Å². The smallest absolute Gasteiger partial charge is 0.231 e. The minimum absolute atomic E-state index is 0.0402. The first-order valence-corrected chi connectivity index (χ1v) is 6.87. The molecule has 0 radical (unpaired) electrons. The van der Waals surface area contributed by atoms with Crippen molar-refractivity contribution in [2.45, 2.75) is 78.3 Å². The maximum absolute atomic E-state index is 11.5. The highest BCUT2D eigenvalue weighted by molar-refractivity contribution is 5.72. The van der Waals surface area contributed by atoms with E-state index in [1.165, 1.54) is 6.42 Å². The second-order valence-electron chi connectivity index (χ2n) is 6.00. The molecule has 1 heterocycles. The van der Waals surface area contributed by atoms with Gasteiger partial charge in [-0.15, -0.1) is 0 Å². The minimum Gasteiger partial charge on any atom is -0.288 e. The van der Waals surface area contributed by atoms with Gasteiger partial charge in [-0.25, -0.2) is 5.01 Å². The lowest BCUT2D eigenvalue weighted by atomic mass is 9.71. The molecule has 3 atom stereocenters. The van der Waals surface area contributed by atoms with Crippen LogP contribution in [-0.2, 0) is 4.79 Å². The Labute approximate surface area is 106 Å². The Morgan fingerprint density at radius 3 is 2.35 bits per heavy atom. The molecule has 0 aromatic heterocycles. The molecule has 0 bridgehead atoms. The third kappa shape index (κ3) is 2.49. The van der Waals surface area contributed by atoms with Crippen molar-refractivity contribution in [2.75, 3.05) is 0 Å². The summed E-state index contributed by atoms with van der Waals surface area (Å²) in [6.45, 7) is 12.9. The highest BCUT2D eigenvalue weighted by Gasteiger charge is 2.49. The van der Waals surface area contributed by atoms with Crippen LogP contribution in [0, 0.1) is 5.92 Å². The van der Waals surface area contributed by atoms with Gasteiger partial charge in [0.25, 0.3) is 0 Å². The van der Waals surface area contributed by atoms with E-state index in [0.717, 1.165) is 19.3 Å². The Bertz CT molecular complexity index is 292. The Morgan fingerprint density at radius 2 is 1.94 bits per heavy atom. The predicted octanol–water partition coefficient (Wildman–Crippen LogP) is 3.11. The van der Waals surface area contributed by atoms with E-state index in [2.05, 4.69) is 45.1 Å². The van der Waals surface area contributed by atoms with Crippen LogP contribution in [-0.4, -0.2) is 22.0 Å². The SMILES string of the molecule is CCC1(C)CCC(C)C(C)(CC)N1NC(C)=O. The number of piperidine rings is 1. The molecular weight excluding hydrogens is 212 g/mol. The predicted molar refractivity (Wildman–Crippen MR) is 71.4 cm³/mol. The molecule has 0 aromatic carbocycles. The van der Waals surface area contributed by atoms with Crippen LogP contribution in [0.1, 0.15) is 67.2 Å². The summed E-state index contributed by atoms with van der Waals surface area (Å²) in [5.41, 5.74) is 3.24. The normalized spacial score (nSPS) is 39.1. The molecule has 1 rings (SSSR count). The van der Waals surface area contributed by atoms with Crippen molar-refractivity contribution in [3.8, 4) is 0 Å². The maximum atomic E-state index is 11.5.